The van der Waals surface area contributed by atoms with Crippen LogP contribution in [-0.2, 0) is 19.7 Å². The number of ether oxygens (including phenoxy) is 2. The third kappa shape index (κ3) is 6.51. The lowest BCUT2D eigenvalue weighted by Gasteiger charge is -2.20. The van der Waals surface area contributed by atoms with Crippen molar-refractivity contribution in [1.82, 2.24) is 10.2 Å². The zero-order valence-electron chi connectivity index (χ0n) is 15.9. The molecule has 0 fully saturated rings. The molecule has 0 spiro atoms. The van der Waals surface area contributed by atoms with Crippen molar-refractivity contribution in [3.8, 4) is 5.75 Å². The van der Waals surface area contributed by atoms with Crippen LogP contribution in [0.4, 0.5) is 5.13 Å². The molecule has 0 aliphatic rings. The minimum atomic E-state index is -0.694. The van der Waals surface area contributed by atoms with E-state index in [1.807, 2.05) is 24.3 Å². The average molecular weight is 410 g/mol. The van der Waals surface area contributed by atoms with E-state index in [9.17, 15) is 9.59 Å². The van der Waals surface area contributed by atoms with Gasteiger partial charge in [-0.1, -0.05) is 56.0 Å². The number of benzene rings is 1. The SMILES string of the molecule is COC(=O)CSc1nnc(NC(=O)C(C)Oc2ccc(C(C)(C)C)cc2)s1. The van der Waals surface area contributed by atoms with E-state index in [-0.39, 0.29) is 23.0 Å². The molecule has 9 heteroatoms. The monoisotopic (exact) mass is 409 g/mol. The predicted molar refractivity (Wildman–Crippen MR) is 107 cm³/mol. The Morgan fingerprint density at radius 3 is 2.48 bits per heavy atom. The zero-order valence-corrected chi connectivity index (χ0v) is 17.6. The molecule has 2 aromatic rings. The molecule has 1 aromatic carbocycles. The van der Waals surface area contributed by atoms with Crippen LogP contribution in [0.15, 0.2) is 28.6 Å². The maximum Gasteiger partial charge on any atom is 0.316 e. The van der Waals surface area contributed by atoms with Crippen molar-refractivity contribution in [2.45, 2.75) is 43.6 Å². The summed E-state index contributed by atoms with van der Waals surface area (Å²) in [6, 6.07) is 7.71. The van der Waals surface area contributed by atoms with Gasteiger partial charge in [0, 0.05) is 0 Å². The summed E-state index contributed by atoms with van der Waals surface area (Å²) in [4.78, 5) is 23.4. The molecule has 1 heterocycles. The fourth-order valence-electron chi connectivity index (χ4n) is 2.00. The second-order valence-corrected chi connectivity index (χ2v) is 8.96. The second-order valence-electron chi connectivity index (χ2n) is 6.76. The standard InChI is InChI=1S/C18H23N3O4S2/c1-11(25-13-8-6-12(7-9-13)18(2,3)4)15(23)19-16-20-21-17(27-16)26-10-14(22)24-5/h6-9,11H,10H2,1-5H3,(H,19,20,23). The molecule has 27 heavy (non-hydrogen) atoms. The lowest BCUT2D eigenvalue weighted by Crippen LogP contribution is -2.30. The number of aromatic nitrogens is 2. The van der Waals surface area contributed by atoms with Gasteiger partial charge in [0.25, 0.3) is 5.91 Å². The Hall–Kier alpha value is -2.13. The number of carbonyl (C=O) groups excluding carboxylic acids is 2. The molecular weight excluding hydrogens is 386 g/mol. The fraction of sp³-hybridized carbons (Fsp3) is 0.444. The summed E-state index contributed by atoms with van der Waals surface area (Å²) in [5, 5.41) is 10.8. The van der Waals surface area contributed by atoms with Crippen LogP contribution >= 0.6 is 23.1 Å². The molecule has 1 N–H and O–H groups in total. The Balaban J connectivity index is 1.88. The number of nitrogens with zero attached hydrogens (tertiary/aromatic N) is 2. The van der Waals surface area contributed by atoms with Crippen molar-refractivity contribution in [2.24, 2.45) is 0 Å². The molecule has 146 valence electrons. The van der Waals surface area contributed by atoms with Gasteiger partial charge in [-0.2, -0.15) is 0 Å². The van der Waals surface area contributed by atoms with E-state index in [0.717, 1.165) is 0 Å². The number of hydrogen-bond acceptors (Lipinski definition) is 8. The van der Waals surface area contributed by atoms with E-state index >= 15 is 0 Å². The van der Waals surface area contributed by atoms with Crippen LogP contribution in [0, 0.1) is 0 Å². The molecule has 0 saturated heterocycles. The summed E-state index contributed by atoms with van der Waals surface area (Å²) < 4.78 is 10.8. The minimum Gasteiger partial charge on any atom is -0.481 e. The third-order valence-electron chi connectivity index (χ3n) is 3.58. The fourth-order valence-corrected chi connectivity index (χ4v) is 3.58. The van der Waals surface area contributed by atoms with Gasteiger partial charge in [0.05, 0.1) is 12.9 Å². The Morgan fingerprint density at radius 2 is 1.89 bits per heavy atom. The molecule has 1 aromatic heterocycles. The van der Waals surface area contributed by atoms with Crippen molar-refractivity contribution in [2.75, 3.05) is 18.2 Å². The summed E-state index contributed by atoms with van der Waals surface area (Å²) in [5.74, 6) is 0.0940. The number of thioether (sulfide) groups is 1. The maximum atomic E-state index is 12.3. The van der Waals surface area contributed by atoms with Crippen molar-refractivity contribution >= 4 is 40.1 Å². The van der Waals surface area contributed by atoms with Gasteiger partial charge >= 0.3 is 5.97 Å². The van der Waals surface area contributed by atoms with Gasteiger partial charge < -0.3 is 9.47 Å². The van der Waals surface area contributed by atoms with Crippen LogP contribution in [0.25, 0.3) is 0 Å². The van der Waals surface area contributed by atoms with Crippen LogP contribution in [0.1, 0.15) is 33.3 Å². The number of methoxy groups -OCH3 is 1. The first-order chi connectivity index (χ1) is 12.7. The Morgan fingerprint density at radius 1 is 1.22 bits per heavy atom. The molecule has 1 atom stereocenters. The molecule has 0 aliphatic heterocycles. The normalized spacial score (nSPS) is 12.3. The van der Waals surface area contributed by atoms with Gasteiger partial charge in [0.2, 0.25) is 5.13 Å². The smallest absolute Gasteiger partial charge is 0.316 e. The molecule has 1 amide bonds. The Bertz CT molecular complexity index is 785. The van der Waals surface area contributed by atoms with Gasteiger partial charge in [-0.25, -0.2) is 0 Å². The predicted octanol–water partition coefficient (Wildman–Crippen LogP) is 3.51. The largest absolute Gasteiger partial charge is 0.481 e. The van der Waals surface area contributed by atoms with E-state index in [1.165, 1.54) is 35.8 Å². The first-order valence-electron chi connectivity index (χ1n) is 8.30. The highest BCUT2D eigenvalue weighted by atomic mass is 32.2. The maximum absolute atomic E-state index is 12.3. The van der Waals surface area contributed by atoms with E-state index in [1.54, 1.807) is 6.92 Å². The number of nitrogens with one attached hydrogen (secondary N) is 1. The number of amides is 1. The first-order valence-corrected chi connectivity index (χ1v) is 10.1. The summed E-state index contributed by atoms with van der Waals surface area (Å²) in [7, 11) is 1.33. The van der Waals surface area contributed by atoms with Crippen LogP contribution in [0.5, 0.6) is 5.75 Å². The zero-order chi connectivity index (χ0) is 20.0. The Kier molecular flexibility index (Phi) is 7.20. The second kappa shape index (κ2) is 9.18. The van der Waals surface area contributed by atoms with E-state index in [0.29, 0.717) is 15.2 Å². The number of anilines is 1. The minimum absolute atomic E-state index is 0.0585. The summed E-state index contributed by atoms with van der Waals surface area (Å²) >= 11 is 2.39. The highest BCUT2D eigenvalue weighted by molar-refractivity contribution is 8.01. The molecule has 0 radical (unpaired) electrons. The Labute approximate surface area is 166 Å². The summed E-state index contributed by atoms with van der Waals surface area (Å²) in [6.07, 6.45) is -0.694. The summed E-state index contributed by atoms with van der Waals surface area (Å²) in [5.41, 5.74) is 1.25. The van der Waals surface area contributed by atoms with E-state index in [4.69, 9.17) is 4.74 Å². The topological polar surface area (TPSA) is 90.4 Å². The van der Waals surface area contributed by atoms with Gasteiger partial charge in [-0.15, -0.1) is 10.2 Å². The van der Waals surface area contributed by atoms with Crippen molar-refractivity contribution in [3.63, 3.8) is 0 Å². The lowest BCUT2D eigenvalue weighted by atomic mass is 9.87. The summed E-state index contributed by atoms with van der Waals surface area (Å²) in [6.45, 7) is 8.08. The highest BCUT2D eigenvalue weighted by Gasteiger charge is 2.18. The number of esters is 1. The lowest BCUT2D eigenvalue weighted by molar-refractivity contribution is -0.137. The molecule has 2 rings (SSSR count). The number of hydrogen-bond donors (Lipinski definition) is 1. The van der Waals surface area contributed by atoms with Crippen LogP contribution < -0.4 is 10.1 Å². The van der Waals surface area contributed by atoms with Gasteiger partial charge in [0.1, 0.15) is 5.75 Å². The van der Waals surface area contributed by atoms with Gasteiger partial charge in [-0.3, -0.25) is 14.9 Å². The molecule has 0 aliphatic carbocycles. The average Bonchev–Trinajstić information content (AvgIpc) is 3.06. The van der Waals surface area contributed by atoms with Crippen LogP contribution in [-0.4, -0.2) is 41.0 Å². The molecule has 0 saturated carbocycles. The first kappa shape index (κ1) is 21.2. The third-order valence-corrected chi connectivity index (χ3v) is 5.53. The van der Waals surface area contributed by atoms with Crippen molar-refractivity contribution in [1.29, 1.82) is 0 Å². The van der Waals surface area contributed by atoms with Gasteiger partial charge in [0.15, 0.2) is 10.4 Å². The number of rotatable bonds is 7. The van der Waals surface area contributed by atoms with Crippen LogP contribution in [0.2, 0.25) is 0 Å². The highest BCUT2D eigenvalue weighted by Crippen LogP contribution is 2.26. The molecule has 0 bridgehead atoms. The van der Waals surface area contributed by atoms with Crippen molar-refractivity contribution < 1.29 is 19.1 Å². The van der Waals surface area contributed by atoms with Crippen molar-refractivity contribution in [3.05, 3.63) is 29.8 Å². The van der Waals surface area contributed by atoms with Gasteiger partial charge in [-0.05, 0) is 30.0 Å². The quantitative estimate of drug-likeness (QED) is 0.425. The number of carbonyl (C=O) groups is 2. The molecule has 1 unspecified atom stereocenters. The van der Waals surface area contributed by atoms with E-state index in [2.05, 4.69) is 41.0 Å². The van der Waals surface area contributed by atoms with E-state index < -0.39 is 6.10 Å². The molecule has 7 nitrogen and oxygen atoms in total. The van der Waals surface area contributed by atoms with Crippen LogP contribution in [0.3, 0.4) is 0 Å². The molecular formula is C18H23N3O4S2.